The van der Waals surface area contributed by atoms with E-state index < -0.39 is 5.97 Å². The number of carbonyl (C=O) groups excluding carboxylic acids is 3. The molecule has 0 spiro atoms. The molecule has 1 aromatic carbocycles. The van der Waals surface area contributed by atoms with E-state index in [0.717, 1.165) is 0 Å². The molecule has 9 nitrogen and oxygen atoms in total. The van der Waals surface area contributed by atoms with Crippen LogP contribution in [-0.2, 0) is 30.4 Å². The summed E-state index contributed by atoms with van der Waals surface area (Å²) < 4.78 is 20.7. The summed E-state index contributed by atoms with van der Waals surface area (Å²) in [7, 11) is 2.88. The monoisotopic (exact) mass is 468 g/mol. The van der Waals surface area contributed by atoms with Gasteiger partial charge in [0, 0.05) is 26.0 Å². The Morgan fingerprint density at radius 2 is 1.91 bits per heavy atom. The molecule has 0 unspecified atom stereocenters. The van der Waals surface area contributed by atoms with Crippen LogP contribution in [-0.4, -0.2) is 56.7 Å². The van der Waals surface area contributed by atoms with Crippen LogP contribution in [0.5, 0.6) is 5.75 Å². The average Bonchev–Trinajstić information content (AvgIpc) is 3.44. The third kappa shape index (κ3) is 6.14. The van der Waals surface area contributed by atoms with Crippen LogP contribution in [0.2, 0.25) is 0 Å². The lowest BCUT2D eigenvalue weighted by atomic mass is 10.0. The second kappa shape index (κ2) is 11.9. The Morgan fingerprint density at radius 3 is 2.56 bits per heavy atom. The normalized spacial score (nSPS) is 14.6. The molecule has 1 N–H and O–H groups in total. The molecule has 0 atom stereocenters. The largest absolute Gasteiger partial charge is 0.484 e. The summed E-state index contributed by atoms with van der Waals surface area (Å²) in [5.74, 6) is 0.0414. The third-order valence-electron chi connectivity index (χ3n) is 5.23. The van der Waals surface area contributed by atoms with E-state index in [-0.39, 0.29) is 36.1 Å². The van der Waals surface area contributed by atoms with Gasteiger partial charge in [0.1, 0.15) is 11.5 Å². The fourth-order valence-corrected chi connectivity index (χ4v) is 3.49. The Labute approximate surface area is 198 Å². The van der Waals surface area contributed by atoms with Crippen LogP contribution in [0.3, 0.4) is 0 Å². The number of nitrogens with zero attached hydrogens (tertiary/aromatic N) is 1. The molecule has 0 saturated heterocycles. The van der Waals surface area contributed by atoms with Crippen molar-refractivity contribution in [2.45, 2.75) is 19.9 Å². The lowest BCUT2D eigenvalue weighted by Gasteiger charge is -2.17. The van der Waals surface area contributed by atoms with Crippen molar-refractivity contribution in [3.63, 3.8) is 0 Å². The predicted molar refractivity (Wildman–Crippen MR) is 123 cm³/mol. The average molecular weight is 469 g/mol. The predicted octanol–water partition coefficient (Wildman–Crippen LogP) is 2.68. The minimum atomic E-state index is -0.563. The van der Waals surface area contributed by atoms with E-state index >= 15 is 0 Å². The number of amides is 2. The van der Waals surface area contributed by atoms with Gasteiger partial charge < -0.3 is 28.8 Å². The Balaban J connectivity index is 1.66. The maximum Gasteiger partial charge on any atom is 0.340 e. The first-order chi connectivity index (χ1) is 16.4. The van der Waals surface area contributed by atoms with Crippen LogP contribution in [0.25, 0.3) is 6.08 Å². The summed E-state index contributed by atoms with van der Waals surface area (Å²) in [5, 5.41) is 2.70. The molecular formula is C25H28N2O7. The number of furan rings is 1. The molecule has 0 saturated carbocycles. The van der Waals surface area contributed by atoms with E-state index in [0.29, 0.717) is 42.3 Å². The Bertz CT molecular complexity index is 1070. The standard InChI is InChI=1S/C25H28N2O7/c1-17-23(25(30)32-3)21(24(29)27(17)11-5-12-31-2)14-18-7-9-19(10-8-18)34-16-22(28)26-15-20-6-4-13-33-20/h4,6-10,13-14H,5,11-12,15-16H2,1-3H3,(H,26,28)/b21-14-. The first-order valence-electron chi connectivity index (χ1n) is 10.8. The van der Waals surface area contributed by atoms with Crippen molar-refractivity contribution in [2.24, 2.45) is 0 Å². The van der Waals surface area contributed by atoms with Crippen LogP contribution < -0.4 is 10.1 Å². The molecule has 2 aromatic rings. The second-order valence-corrected chi connectivity index (χ2v) is 7.53. The van der Waals surface area contributed by atoms with E-state index in [1.54, 1.807) is 61.4 Å². The van der Waals surface area contributed by atoms with Gasteiger partial charge in [-0.25, -0.2) is 4.79 Å². The Hall–Kier alpha value is -3.85. The van der Waals surface area contributed by atoms with Crippen molar-refractivity contribution in [2.75, 3.05) is 34.0 Å². The number of nitrogens with one attached hydrogen (secondary N) is 1. The van der Waals surface area contributed by atoms with Gasteiger partial charge in [-0.2, -0.15) is 0 Å². The Morgan fingerprint density at radius 1 is 1.15 bits per heavy atom. The van der Waals surface area contributed by atoms with Gasteiger partial charge in [-0.3, -0.25) is 9.59 Å². The molecule has 0 fully saturated rings. The van der Waals surface area contributed by atoms with E-state index in [2.05, 4.69) is 5.32 Å². The van der Waals surface area contributed by atoms with E-state index in [4.69, 9.17) is 18.6 Å². The van der Waals surface area contributed by atoms with Crippen LogP contribution in [0, 0.1) is 0 Å². The summed E-state index contributed by atoms with van der Waals surface area (Å²) in [4.78, 5) is 38.9. The molecule has 0 radical (unpaired) electrons. The summed E-state index contributed by atoms with van der Waals surface area (Å²) >= 11 is 0. The molecule has 1 aromatic heterocycles. The highest BCUT2D eigenvalue weighted by atomic mass is 16.5. The Kier molecular flexibility index (Phi) is 8.64. The number of carbonyl (C=O) groups is 3. The van der Waals surface area contributed by atoms with Gasteiger partial charge in [-0.1, -0.05) is 12.1 Å². The van der Waals surface area contributed by atoms with Crippen molar-refractivity contribution in [3.8, 4) is 5.75 Å². The molecule has 2 heterocycles. The minimum Gasteiger partial charge on any atom is -0.484 e. The first-order valence-corrected chi connectivity index (χ1v) is 10.8. The maximum atomic E-state index is 13.0. The SMILES string of the molecule is COCCCN1C(=O)/C(=C\c2ccc(OCC(=O)NCc3ccco3)cc2)C(C(=O)OC)=C1C. The highest BCUT2D eigenvalue weighted by Crippen LogP contribution is 2.32. The molecule has 3 rings (SSSR count). The number of hydrogen-bond donors (Lipinski definition) is 1. The molecule has 1 aliphatic rings. The molecule has 9 heteroatoms. The highest BCUT2D eigenvalue weighted by molar-refractivity contribution is 6.16. The van der Waals surface area contributed by atoms with Crippen LogP contribution in [0.4, 0.5) is 0 Å². The zero-order valence-corrected chi connectivity index (χ0v) is 19.5. The summed E-state index contributed by atoms with van der Waals surface area (Å²) in [6.07, 6.45) is 3.83. The maximum absolute atomic E-state index is 13.0. The number of allylic oxidation sites excluding steroid dienone is 1. The lowest BCUT2D eigenvalue weighted by molar-refractivity contribution is -0.136. The van der Waals surface area contributed by atoms with E-state index in [1.165, 1.54) is 13.4 Å². The molecule has 0 aliphatic carbocycles. The minimum absolute atomic E-state index is 0.148. The number of rotatable bonds is 11. The van der Waals surface area contributed by atoms with Crippen LogP contribution >= 0.6 is 0 Å². The number of esters is 1. The topological polar surface area (TPSA) is 107 Å². The van der Waals surface area contributed by atoms with E-state index in [9.17, 15) is 14.4 Å². The smallest absolute Gasteiger partial charge is 0.340 e. The van der Waals surface area contributed by atoms with E-state index in [1.807, 2.05) is 0 Å². The fraction of sp³-hybridized carbons (Fsp3) is 0.320. The molecular weight excluding hydrogens is 440 g/mol. The number of ether oxygens (including phenoxy) is 3. The van der Waals surface area contributed by atoms with Gasteiger partial charge in [-0.15, -0.1) is 0 Å². The van der Waals surface area contributed by atoms with Crippen molar-refractivity contribution >= 4 is 23.9 Å². The van der Waals surface area contributed by atoms with Crippen LogP contribution in [0.1, 0.15) is 24.7 Å². The highest BCUT2D eigenvalue weighted by Gasteiger charge is 2.36. The van der Waals surface area contributed by atoms with Gasteiger partial charge in [-0.05, 0) is 49.2 Å². The zero-order valence-electron chi connectivity index (χ0n) is 19.5. The zero-order chi connectivity index (χ0) is 24.5. The molecule has 2 amide bonds. The van der Waals surface area contributed by atoms with Crippen molar-refractivity contribution in [1.82, 2.24) is 10.2 Å². The summed E-state index contributed by atoms with van der Waals surface area (Å²) in [6.45, 7) is 2.81. The summed E-state index contributed by atoms with van der Waals surface area (Å²) in [6, 6.07) is 10.4. The van der Waals surface area contributed by atoms with Gasteiger partial charge in [0.25, 0.3) is 11.8 Å². The van der Waals surface area contributed by atoms with Crippen LogP contribution in [0.15, 0.2) is 63.9 Å². The van der Waals surface area contributed by atoms with Gasteiger partial charge in [0.15, 0.2) is 6.61 Å². The van der Waals surface area contributed by atoms with Gasteiger partial charge in [0.05, 0.1) is 31.1 Å². The number of benzene rings is 1. The van der Waals surface area contributed by atoms with Crippen molar-refractivity contribution < 1.29 is 33.0 Å². The van der Waals surface area contributed by atoms with Gasteiger partial charge >= 0.3 is 5.97 Å². The first kappa shape index (κ1) is 24.8. The lowest BCUT2D eigenvalue weighted by Crippen LogP contribution is -2.28. The molecule has 34 heavy (non-hydrogen) atoms. The third-order valence-corrected chi connectivity index (χ3v) is 5.23. The molecule has 1 aliphatic heterocycles. The van der Waals surface area contributed by atoms with Gasteiger partial charge in [0.2, 0.25) is 0 Å². The molecule has 0 bridgehead atoms. The quantitative estimate of drug-likeness (QED) is 0.307. The number of hydrogen-bond acceptors (Lipinski definition) is 7. The fourth-order valence-electron chi connectivity index (χ4n) is 3.49. The summed E-state index contributed by atoms with van der Waals surface area (Å²) in [5.41, 5.74) is 1.77. The van der Waals surface area contributed by atoms with Crippen molar-refractivity contribution in [1.29, 1.82) is 0 Å². The second-order valence-electron chi connectivity index (χ2n) is 7.53. The number of methoxy groups -OCH3 is 2. The molecule has 180 valence electrons. The van der Waals surface area contributed by atoms with Crippen molar-refractivity contribution in [3.05, 3.63) is 70.8 Å².